The highest BCUT2D eigenvalue weighted by Crippen LogP contribution is 2.32. The van der Waals surface area contributed by atoms with Crippen molar-refractivity contribution in [2.75, 3.05) is 12.4 Å². The van der Waals surface area contributed by atoms with E-state index in [1.807, 2.05) is 0 Å². The van der Waals surface area contributed by atoms with Crippen molar-refractivity contribution < 1.29 is 13.2 Å². The van der Waals surface area contributed by atoms with Gasteiger partial charge in [0.1, 0.15) is 5.82 Å². The zero-order valence-corrected chi connectivity index (χ0v) is 6.38. The molecule has 0 saturated heterocycles. The summed E-state index contributed by atoms with van der Waals surface area (Å²) in [5, 5.41) is 3.02. The van der Waals surface area contributed by atoms with Gasteiger partial charge in [-0.05, 0) is 0 Å². The number of hydrogen-bond donors (Lipinski definition) is 1. The lowest BCUT2D eigenvalue weighted by Crippen LogP contribution is -2.04. The summed E-state index contributed by atoms with van der Waals surface area (Å²) in [6, 6.07) is 0. The molecule has 0 amide bonds. The second kappa shape index (κ2) is 2.69. The van der Waals surface area contributed by atoms with Crippen LogP contribution in [0.25, 0.3) is 0 Å². The van der Waals surface area contributed by atoms with Crippen LogP contribution in [0, 0.1) is 0 Å². The Morgan fingerprint density at radius 2 is 2.18 bits per heavy atom. The third-order valence-electron chi connectivity index (χ3n) is 1.00. The smallest absolute Gasteiger partial charge is 0.372 e. The van der Waals surface area contributed by atoms with Crippen LogP contribution in [-0.2, 0) is 6.18 Å². The van der Waals surface area contributed by atoms with Crippen molar-refractivity contribution in [2.45, 2.75) is 6.18 Å². The molecule has 0 radical (unpaired) electrons. The summed E-state index contributed by atoms with van der Waals surface area (Å²) in [4.78, 5) is 3.28. The van der Waals surface area contributed by atoms with Gasteiger partial charge < -0.3 is 5.32 Å². The molecular weight excluding hydrogens is 177 g/mol. The molecule has 0 spiro atoms. The molecule has 1 aromatic heterocycles. The van der Waals surface area contributed by atoms with E-state index in [4.69, 9.17) is 0 Å². The molecule has 1 aromatic rings. The van der Waals surface area contributed by atoms with Gasteiger partial charge in [-0.15, -0.1) is 11.3 Å². The molecule has 1 heterocycles. The fourth-order valence-corrected chi connectivity index (χ4v) is 1.20. The van der Waals surface area contributed by atoms with Crippen molar-refractivity contribution in [3.05, 3.63) is 10.4 Å². The lowest BCUT2D eigenvalue weighted by Gasteiger charge is -1.98. The van der Waals surface area contributed by atoms with Crippen LogP contribution >= 0.6 is 11.3 Å². The predicted octanol–water partition coefficient (Wildman–Crippen LogP) is 2.20. The summed E-state index contributed by atoms with van der Waals surface area (Å²) in [7, 11) is 1.52. The van der Waals surface area contributed by atoms with Crippen molar-refractivity contribution in [3.63, 3.8) is 0 Å². The Morgan fingerprint density at radius 1 is 1.55 bits per heavy atom. The Bertz CT molecular complexity index is 242. The number of rotatable bonds is 1. The second-order valence-electron chi connectivity index (χ2n) is 1.79. The van der Waals surface area contributed by atoms with E-state index in [0.717, 1.165) is 0 Å². The van der Waals surface area contributed by atoms with E-state index in [0.29, 0.717) is 11.3 Å². The van der Waals surface area contributed by atoms with E-state index in [1.165, 1.54) is 12.4 Å². The highest BCUT2D eigenvalue weighted by Gasteiger charge is 2.34. The van der Waals surface area contributed by atoms with Gasteiger partial charge in [-0.25, -0.2) is 4.98 Å². The first-order chi connectivity index (χ1) is 5.04. The van der Waals surface area contributed by atoms with Crippen LogP contribution in [-0.4, -0.2) is 12.0 Å². The number of alkyl halides is 3. The largest absolute Gasteiger partial charge is 0.443 e. The van der Waals surface area contributed by atoms with Crippen LogP contribution in [0.2, 0.25) is 0 Å². The van der Waals surface area contributed by atoms with Gasteiger partial charge >= 0.3 is 6.18 Å². The van der Waals surface area contributed by atoms with Gasteiger partial charge in [-0.2, -0.15) is 13.2 Å². The van der Waals surface area contributed by atoms with Crippen molar-refractivity contribution in [2.24, 2.45) is 0 Å². The number of nitrogens with zero attached hydrogens (tertiary/aromatic N) is 1. The molecule has 0 aromatic carbocycles. The van der Waals surface area contributed by atoms with E-state index in [-0.39, 0.29) is 5.82 Å². The molecular formula is C5H5F3N2S. The molecule has 1 N–H and O–H groups in total. The van der Waals surface area contributed by atoms with Gasteiger partial charge in [0.2, 0.25) is 0 Å². The molecule has 0 saturated carbocycles. The van der Waals surface area contributed by atoms with E-state index >= 15 is 0 Å². The zero-order valence-electron chi connectivity index (χ0n) is 5.57. The monoisotopic (exact) mass is 182 g/mol. The SMILES string of the molecule is CNc1csc(C(F)(F)F)n1. The topological polar surface area (TPSA) is 24.9 Å². The number of aromatic nitrogens is 1. The molecule has 6 heteroatoms. The molecule has 0 atom stereocenters. The van der Waals surface area contributed by atoms with Gasteiger partial charge in [0, 0.05) is 12.4 Å². The molecule has 11 heavy (non-hydrogen) atoms. The summed E-state index contributed by atoms with van der Waals surface area (Å²) in [6.07, 6.45) is -4.32. The molecule has 1 rings (SSSR count). The second-order valence-corrected chi connectivity index (χ2v) is 2.64. The first kappa shape index (κ1) is 8.32. The lowest BCUT2D eigenvalue weighted by molar-refractivity contribution is -0.137. The van der Waals surface area contributed by atoms with Gasteiger partial charge in [0.15, 0.2) is 5.01 Å². The van der Waals surface area contributed by atoms with Crippen LogP contribution < -0.4 is 5.32 Å². The van der Waals surface area contributed by atoms with Gasteiger partial charge in [-0.3, -0.25) is 0 Å². The minimum absolute atomic E-state index is 0.252. The predicted molar refractivity (Wildman–Crippen MR) is 36.7 cm³/mol. The van der Waals surface area contributed by atoms with Crippen LogP contribution in [0.15, 0.2) is 5.38 Å². The van der Waals surface area contributed by atoms with Crippen molar-refractivity contribution in [1.82, 2.24) is 4.98 Å². The minimum Gasteiger partial charge on any atom is -0.372 e. The normalized spacial score (nSPS) is 11.6. The molecule has 62 valence electrons. The molecule has 0 unspecified atom stereocenters. The fraction of sp³-hybridized carbons (Fsp3) is 0.400. The highest BCUT2D eigenvalue weighted by atomic mass is 32.1. The Kier molecular flexibility index (Phi) is 2.03. The van der Waals surface area contributed by atoms with Gasteiger partial charge in [0.05, 0.1) is 0 Å². The molecule has 0 aliphatic heterocycles. The van der Waals surface area contributed by atoms with Crippen LogP contribution in [0.3, 0.4) is 0 Å². The van der Waals surface area contributed by atoms with E-state index in [2.05, 4.69) is 10.3 Å². The van der Waals surface area contributed by atoms with E-state index in [9.17, 15) is 13.2 Å². The Hall–Kier alpha value is -0.780. The fourth-order valence-electron chi connectivity index (χ4n) is 0.519. The van der Waals surface area contributed by atoms with Crippen LogP contribution in [0.1, 0.15) is 5.01 Å². The van der Waals surface area contributed by atoms with Crippen molar-refractivity contribution in [3.8, 4) is 0 Å². The maximum atomic E-state index is 11.9. The summed E-state index contributed by atoms with van der Waals surface area (Å²) >= 11 is 0.582. The quantitative estimate of drug-likeness (QED) is 0.720. The number of anilines is 1. The maximum Gasteiger partial charge on any atom is 0.443 e. The highest BCUT2D eigenvalue weighted by molar-refractivity contribution is 7.10. The first-order valence-electron chi connectivity index (χ1n) is 2.74. The van der Waals surface area contributed by atoms with Crippen molar-refractivity contribution in [1.29, 1.82) is 0 Å². The Balaban J connectivity index is 2.89. The summed E-state index contributed by atoms with van der Waals surface area (Å²) < 4.78 is 35.6. The summed E-state index contributed by atoms with van der Waals surface area (Å²) in [5.41, 5.74) is 0. The van der Waals surface area contributed by atoms with Gasteiger partial charge in [0.25, 0.3) is 0 Å². The number of halogens is 3. The molecule has 0 aliphatic carbocycles. The average molecular weight is 182 g/mol. The third-order valence-corrected chi connectivity index (χ3v) is 1.89. The third kappa shape index (κ3) is 1.83. The standard InChI is InChI=1S/C5H5F3N2S/c1-9-3-2-11-4(10-3)5(6,7)8/h2,9H,1H3. The minimum atomic E-state index is -4.32. The molecule has 0 fully saturated rings. The summed E-state index contributed by atoms with van der Waals surface area (Å²) in [6.45, 7) is 0. The van der Waals surface area contributed by atoms with E-state index in [1.54, 1.807) is 0 Å². The molecule has 0 bridgehead atoms. The Labute approximate surface area is 65.1 Å². The van der Waals surface area contributed by atoms with Crippen LogP contribution in [0.5, 0.6) is 0 Å². The number of thiazole rings is 1. The first-order valence-corrected chi connectivity index (χ1v) is 3.62. The molecule has 2 nitrogen and oxygen atoms in total. The average Bonchev–Trinajstić information content (AvgIpc) is 2.32. The number of hydrogen-bond acceptors (Lipinski definition) is 3. The van der Waals surface area contributed by atoms with Gasteiger partial charge in [-0.1, -0.05) is 0 Å². The Morgan fingerprint density at radius 3 is 2.45 bits per heavy atom. The maximum absolute atomic E-state index is 11.9. The van der Waals surface area contributed by atoms with E-state index < -0.39 is 11.2 Å². The number of nitrogens with one attached hydrogen (secondary N) is 1. The summed E-state index contributed by atoms with van der Waals surface area (Å²) in [5.74, 6) is 0.252. The lowest BCUT2D eigenvalue weighted by atomic mass is 10.7. The van der Waals surface area contributed by atoms with Crippen molar-refractivity contribution >= 4 is 17.2 Å². The molecule has 0 aliphatic rings. The zero-order chi connectivity index (χ0) is 8.48. The van der Waals surface area contributed by atoms with Crippen LogP contribution in [0.4, 0.5) is 19.0 Å².